The van der Waals surface area contributed by atoms with Gasteiger partial charge in [-0.25, -0.2) is 5.48 Å². The first-order valence-corrected chi connectivity index (χ1v) is 10.3. The topological polar surface area (TPSA) is 69.6 Å². The van der Waals surface area contributed by atoms with E-state index in [4.69, 9.17) is 28.4 Å². The van der Waals surface area contributed by atoms with E-state index in [0.29, 0.717) is 35.0 Å². The van der Waals surface area contributed by atoms with Crippen LogP contribution in [0.15, 0.2) is 36.4 Å². The highest BCUT2D eigenvalue weighted by molar-refractivity contribution is 6.33. The number of halogens is 2. The monoisotopic (exact) mass is 434 g/mol. The Balaban J connectivity index is 1.68. The number of benzene rings is 2. The number of rotatable bonds is 7. The molecule has 0 bridgehead atoms. The lowest BCUT2D eigenvalue weighted by molar-refractivity contribution is -0.117. The molecule has 2 aromatic carbocycles. The Labute approximate surface area is 180 Å². The summed E-state index contributed by atoms with van der Waals surface area (Å²) < 4.78 is 0. The predicted molar refractivity (Wildman–Crippen MR) is 114 cm³/mol. The highest BCUT2D eigenvalue weighted by Crippen LogP contribution is 2.37. The van der Waals surface area contributed by atoms with Crippen molar-refractivity contribution < 1.29 is 14.8 Å². The molecular formula is C22H24Cl2N2O3. The first-order chi connectivity index (χ1) is 13.9. The summed E-state index contributed by atoms with van der Waals surface area (Å²) in [6, 6.07) is 10.8. The van der Waals surface area contributed by atoms with E-state index < -0.39 is 11.3 Å². The molecular weight excluding hydrogens is 411 g/mol. The third-order valence-corrected chi connectivity index (χ3v) is 6.30. The Morgan fingerprint density at radius 1 is 1.24 bits per heavy atom. The molecule has 154 valence electrons. The van der Waals surface area contributed by atoms with Crippen molar-refractivity contribution in [2.75, 3.05) is 13.6 Å². The van der Waals surface area contributed by atoms with Crippen molar-refractivity contribution in [1.29, 1.82) is 0 Å². The van der Waals surface area contributed by atoms with Crippen LogP contribution in [0, 0.1) is 5.41 Å². The number of hydrogen-bond donors (Lipinski definition) is 2. The van der Waals surface area contributed by atoms with E-state index in [9.17, 15) is 9.59 Å². The molecule has 0 heterocycles. The van der Waals surface area contributed by atoms with Crippen LogP contribution in [0.25, 0.3) is 0 Å². The molecule has 0 fully saturated rings. The van der Waals surface area contributed by atoms with Gasteiger partial charge in [0.15, 0.2) is 0 Å². The summed E-state index contributed by atoms with van der Waals surface area (Å²) in [7, 11) is 2.00. The molecule has 3 rings (SSSR count). The number of carbonyl (C=O) groups excluding carboxylic acids is 2. The molecule has 0 radical (unpaired) electrons. The molecule has 7 heteroatoms. The first-order valence-electron chi connectivity index (χ1n) is 9.51. The Hall–Kier alpha value is -1.92. The minimum atomic E-state index is -0.548. The molecule has 2 N–H and O–H groups in total. The van der Waals surface area contributed by atoms with E-state index in [1.54, 1.807) is 29.7 Å². The van der Waals surface area contributed by atoms with Crippen LogP contribution in [0.4, 0.5) is 0 Å². The molecule has 0 aromatic heterocycles. The highest BCUT2D eigenvalue weighted by Gasteiger charge is 2.34. The molecule has 0 unspecified atom stereocenters. The van der Waals surface area contributed by atoms with Crippen molar-refractivity contribution in [2.45, 2.75) is 32.2 Å². The van der Waals surface area contributed by atoms with E-state index in [1.807, 2.05) is 19.2 Å². The second-order valence-corrected chi connectivity index (χ2v) is 8.65. The van der Waals surface area contributed by atoms with E-state index in [-0.39, 0.29) is 0 Å². The number of nitrogens with zero attached hydrogens (tertiary/aromatic N) is 1. The number of amides is 1. The number of hydroxylamine groups is 1. The summed E-state index contributed by atoms with van der Waals surface area (Å²) >= 11 is 12.3. The van der Waals surface area contributed by atoms with Gasteiger partial charge in [-0.1, -0.05) is 29.3 Å². The standard InChI is InChI=1S/C22H24Cl2N2O3/c1-26(13-18-11-19(23)4-5-20(18)24)9-8-22(14-27)7-6-15-2-3-16(21(28)25-29)10-17(15)12-22/h2-5,10-11,14,29H,6-9,12-13H2,1H3,(H,25,28)/t22-/m0/s1. The fraction of sp³-hybridized carbons (Fsp3) is 0.364. The van der Waals surface area contributed by atoms with Crippen LogP contribution < -0.4 is 5.48 Å². The molecule has 0 saturated heterocycles. The fourth-order valence-electron chi connectivity index (χ4n) is 3.91. The molecule has 29 heavy (non-hydrogen) atoms. The maximum absolute atomic E-state index is 12.1. The molecule has 1 aliphatic carbocycles. The van der Waals surface area contributed by atoms with Crippen molar-refractivity contribution in [3.05, 3.63) is 68.7 Å². The van der Waals surface area contributed by atoms with Crippen molar-refractivity contribution in [3.63, 3.8) is 0 Å². The van der Waals surface area contributed by atoms with Crippen LogP contribution in [0.1, 0.15) is 39.9 Å². The van der Waals surface area contributed by atoms with Crippen molar-refractivity contribution in [2.24, 2.45) is 5.41 Å². The van der Waals surface area contributed by atoms with E-state index in [2.05, 4.69) is 4.90 Å². The Kier molecular flexibility index (Phi) is 6.96. The van der Waals surface area contributed by atoms with Crippen molar-refractivity contribution in [1.82, 2.24) is 10.4 Å². The van der Waals surface area contributed by atoms with Crippen LogP contribution in [0.2, 0.25) is 10.0 Å². The van der Waals surface area contributed by atoms with E-state index in [0.717, 1.165) is 42.4 Å². The molecule has 0 saturated carbocycles. The van der Waals surface area contributed by atoms with Crippen LogP contribution in [0.5, 0.6) is 0 Å². The van der Waals surface area contributed by atoms with Crippen LogP contribution in [-0.2, 0) is 24.2 Å². The molecule has 0 spiro atoms. The van der Waals surface area contributed by atoms with Crippen LogP contribution in [0.3, 0.4) is 0 Å². The van der Waals surface area contributed by atoms with Gasteiger partial charge in [-0.2, -0.15) is 0 Å². The third kappa shape index (κ3) is 5.17. The zero-order valence-electron chi connectivity index (χ0n) is 16.3. The Bertz CT molecular complexity index is 919. The van der Waals surface area contributed by atoms with Gasteiger partial charge in [0.05, 0.1) is 0 Å². The predicted octanol–water partition coefficient (Wildman–Crippen LogP) is 4.31. The summed E-state index contributed by atoms with van der Waals surface area (Å²) in [5.41, 5.74) is 4.68. The number of carbonyl (C=O) groups is 2. The van der Waals surface area contributed by atoms with Gasteiger partial charge in [-0.15, -0.1) is 0 Å². The quantitative estimate of drug-likeness (QED) is 0.387. The normalized spacial score (nSPS) is 18.4. The van der Waals surface area contributed by atoms with Crippen LogP contribution >= 0.6 is 23.2 Å². The summed E-state index contributed by atoms with van der Waals surface area (Å²) in [5.74, 6) is -0.548. The molecule has 2 aromatic rings. The summed E-state index contributed by atoms with van der Waals surface area (Å²) in [5, 5.41) is 10.2. The SMILES string of the molecule is CN(CC[C@@]1(C=O)CCc2ccc(C(=O)NO)cc2C1)Cc1cc(Cl)ccc1Cl. The number of hydrogen-bond acceptors (Lipinski definition) is 4. The first kappa shape index (κ1) is 21.8. The summed E-state index contributed by atoms with van der Waals surface area (Å²) in [6.07, 6.45) is 3.93. The Morgan fingerprint density at radius 2 is 2.03 bits per heavy atom. The number of aldehydes is 1. The third-order valence-electron chi connectivity index (χ3n) is 5.69. The van der Waals surface area contributed by atoms with Crippen molar-refractivity contribution in [3.8, 4) is 0 Å². The number of nitrogens with one attached hydrogen (secondary N) is 1. The number of fused-ring (bicyclic) bond motifs is 1. The lowest BCUT2D eigenvalue weighted by atomic mass is 9.70. The Morgan fingerprint density at radius 3 is 2.76 bits per heavy atom. The summed E-state index contributed by atoms with van der Waals surface area (Å²) in [6.45, 7) is 1.37. The molecule has 1 amide bonds. The minimum absolute atomic E-state index is 0.390. The van der Waals surface area contributed by atoms with Gasteiger partial charge >= 0.3 is 0 Å². The molecule has 0 aliphatic heterocycles. The molecule has 1 aliphatic rings. The van der Waals surface area contributed by atoms with Gasteiger partial charge in [0.25, 0.3) is 5.91 Å². The average Bonchev–Trinajstić information content (AvgIpc) is 2.73. The average molecular weight is 435 g/mol. The van der Waals surface area contributed by atoms with E-state index in [1.165, 1.54) is 0 Å². The maximum atomic E-state index is 12.1. The van der Waals surface area contributed by atoms with Gasteiger partial charge in [0.2, 0.25) is 0 Å². The largest absolute Gasteiger partial charge is 0.303 e. The fourth-order valence-corrected chi connectivity index (χ4v) is 4.28. The van der Waals surface area contributed by atoms with Crippen molar-refractivity contribution >= 4 is 35.4 Å². The lowest BCUT2D eigenvalue weighted by Gasteiger charge is -2.35. The van der Waals surface area contributed by atoms with Gasteiger partial charge in [0.1, 0.15) is 6.29 Å². The maximum Gasteiger partial charge on any atom is 0.274 e. The molecule has 1 atom stereocenters. The zero-order valence-corrected chi connectivity index (χ0v) is 17.8. The smallest absolute Gasteiger partial charge is 0.274 e. The number of aryl methyl sites for hydroxylation is 1. The van der Waals surface area contributed by atoms with Crippen LogP contribution in [-0.4, -0.2) is 35.9 Å². The highest BCUT2D eigenvalue weighted by atomic mass is 35.5. The van der Waals surface area contributed by atoms with Gasteiger partial charge in [-0.3, -0.25) is 10.0 Å². The summed E-state index contributed by atoms with van der Waals surface area (Å²) in [4.78, 5) is 25.9. The minimum Gasteiger partial charge on any atom is -0.303 e. The van der Waals surface area contributed by atoms with Gasteiger partial charge < -0.3 is 9.69 Å². The van der Waals surface area contributed by atoms with E-state index >= 15 is 0 Å². The molecule has 5 nitrogen and oxygen atoms in total. The second kappa shape index (κ2) is 9.26. The lowest BCUT2D eigenvalue weighted by Crippen LogP contribution is -2.35. The van der Waals surface area contributed by atoms with Gasteiger partial charge in [-0.05, 0) is 86.3 Å². The second-order valence-electron chi connectivity index (χ2n) is 7.80. The van der Waals surface area contributed by atoms with Gasteiger partial charge in [0, 0.05) is 27.6 Å². The zero-order chi connectivity index (χ0) is 21.0.